The van der Waals surface area contributed by atoms with Crippen LogP contribution in [0.5, 0.6) is 0 Å². The van der Waals surface area contributed by atoms with Crippen molar-refractivity contribution < 1.29 is 14.2 Å². The number of halogens is 1. The molecule has 0 aliphatic rings. The molecular weight excluding hydrogens is 203 g/mol. The smallest absolute Gasteiger partial charge is 0.127 e. The van der Waals surface area contributed by atoms with Crippen LogP contribution in [-0.4, -0.2) is 33.7 Å². The van der Waals surface area contributed by atoms with E-state index in [9.17, 15) is 4.39 Å². The lowest BCUT2D eigenvalue weighted by atomic mass is 10.2. The van der Waals surface area contributed by atoms with Gasteiger partial charge in [0.15, 0.2) is 0 Å². The zero-order chi connectivity index (χ0) is 12.0. The van der Waals surface area contributed by atoms with Crippen LogP contribution >= 0.6 is 0 Å². The van der Waals surface area contributed by atoms with E-state index in [-0.39, 0.29) is 5.82 Å². The highest BCUT2D eigenvalue weighted by molar-refractivity contribution is 5.14. The number of hydrogen-bond acceptors (Lipinski definition) is 0. The third kappa shape index (κ3) is 4.73. The van der Waals surface area contributed by atoms with Crippen molar-refractivity contribution in [1.82, 2.24) is 0 Å². The Morgan fingerprint density at radius 3 is 2.50 bits per heavy atom. The van der Waals surface area contributed by atoms with Crippen molar-refractivity contribution in [3.63, 3.8) is 0 Å². The maximum absolute atomic E-state index is 13.0. The van der Waals surface area contributed by atoms with Gasteiger partial charge in [-0.15, -0.1) is 0 Å². The fraction of sp³-hybridized carbons (Fsp3) is 0.538. The molecule has 1 rings (SSSR count). The average Bonchev–Trinajstić information content (AvgIpc) is 2.24. The fourth-order valence-corrected chi connectivity index (χ4v) is 1.75. The van der Waals surface area contributed by atoms with E-state index < -0.39 is 0 Å². The zero-order valence-corrected chi connectivity index (χ0v) is 10.5. The summed E-state index contributed by atoms with van der Waals surface area (Å²) in [6.45, 7) is 6.47. The first-order valence-corrected chi connectivity index (χ1v) is 5.99. The molecule has 2 N–H and O–H groups in total. The standard InChI is InChI=1S/C13H21FN2/c1-4-16(9-8-15(2)3)11-12-6-5-7-13(14)10-12/h5-7,10H,4,8-9,11H2,1-3H3/p+2. The third-order valence-corrected chi connectivity index (χ3v) is 2.82. The topological polar surface area (TPSA) is 8.88 Å². The number of likely N-dealkylation sites (N-methyl/N-ethyl adjacent to an activating group) is 2. The van der Waals surface area contributed by atoms with Gasteiger partial charge in [-0.3, -0.25) is 0 Å². The number of quaternary nitrogens is 2. The van der Waals surface area contributed by atoms with Gasteiger partial charge in [-0.25, -0.2) is 4.39 Å². The third-order valence-electron chi connectivity index (χ3n) is 2.82. The molecule has 90 valence electrons. The molecule has 1 atom stereocenters. The van der Waals surface area contributed by atoms with Crippen molar-refractivity contribution in [2.24, 2.45) is 0 Å². The largest absolute Gasteiger partial charge is 0.335 e. The highest BCUT2D eigenvalue weighted by Crippen LogP contribution is 2.01. The van der Waals surface area contributed by atoms with Crippen LogP contribution in [0, 0.1) is 5.82 Å². The summed E-state index contributed by atoms with van der Waals surface area (Å²) in [6, 6.07) is 6.92. The van der Waals surface area contributed by atoms with E-state index in [1.165, 1.54) is 15.9 Å². The molecule has 3 heteroatoms. The Hall–Kier alpha value is -0.930. The van der Waals surface area contributed by atoms with Crippen molar-refractivity contribution in [2.75, 3.05) is 33.7 Å². The van der Waals surface area contributed by atoms with Crippen LogP contribution in [0.2, 0.25) is 0 Å². The van der Waals surface area contributed by atoms with Crippen molar-refractivity contribution in [1.29, 1.82) is 0 Å². The summed E-state index contributed by atoms with van der Waals surface area (Å²) in [5, 5.41) is 0. The lowest BCUT2D eigenvalue weighted by Crippen LogP contribution is -3.17. The predicted octanol–water partition coefficient (Wildman–Crippen LogP) is -0.625. The molecular formula is C13H23FN2+2. The molecule has 1 aromatic rings. The molecule has 1 aromatic carbocycles. The summed E-state index contributed by atoms with van der Waals surface area (Å²) in [5.41, 5.74) is 1.09. The molecule has 0 spiro atoms. The van der Waals surface area contributed by atoms with E-state index in [1.54, 1.807) is 12.1 Å². The second-order valence-corrected chi connectivity index (χ2v) is 4.62. The molecule has 0 aromatic heterocycles. The number of nitrogens with one attached hydrogen (secondary N) is 2. The number of hydrogen-bond donors (Lipinski definition) is 2. The molecule has 2 nitrogen and oxygen atoms in total. The number of rotatable bonds is 6. The highest BCUT2D eigenvalue weighted by Gasteiger charge is 2.09. The van der Waals surface area contributed by atoms with E-state index in [2.05, 4.69) is 21.0 Å². The Bertz CT molecular complexity index is 313. The van der Waals surface area contributed by atoms with Crippen LogP contribution in [0.25, 0.3) is 0 Å². The van der Waals surface area contributed by atoms with E-state index in [0.29, 0.717) is 0 Å². The summed E-state index contributed by atoms with van der Waals surface area (Å²) >= 11 is 0. The van der Waals surface area contributed by atoms with Crippen LogP contribution in [0.1, 0.15) is 12.5 Å². The second kappa shape index (κ2) is 6.61. The maximum Gasteiger partial charge on any atom is 0.127 e. The second-order valence-electron chi connectivity index (χ2n) is 4.62. The van der Waals surface area contributed by atoms with Gasteiger partial charge in [0, 0.05) is 5.56 Å². The van der Waals surface area contributed by atoms with Crippen LogP contribution in [0.3, 0.4) is 0 Å². The Morgan fingerprint density at radius 2 is 1.94 bits per heavy atom. The molecule has 0 radical (unpaired) electrons. The normalized spacial score (nSPS) is 13.1. The summed E-state index contributed by atoms with van der Waals surface area (Å²) in [4.78, 5) is 2.97. The Morgan fingerprint density at radius 1 is 1.19 bits per heavy atom. The quantitative estimate of drug-likeness (QED) is 0.639. The Labute approximate surface area is 97.7 Å². The van der Waals surface area contributed by atoms with Crippen molar-refractivity contribution >= 4 is 0 Å². The van der Waals surface area contributed by atoms with Crippen molar-refractivity contribution in [3.8, 4) is 0 Å². The first-order chi connectivity index (χ1) is 7.61. The molecule has 0 bridgehead atoms. The van der Waals surface area contributed by atoms with Gasteiger partial charge in [0.25, 0.3) is 0 Å². The lowest BCUT2D eigenvalue weighted by molar-refractivity contribution is -0.949. The van der Waals surface area contributed by atoms with Crippen molar-refractivity contribution in [3.05, 3.63) is 35.6 Å². The summed E-state index contributed by atoms with van der Waals surface area (Å²) in [7, 11) is 4.32. The summed E-state index contributed by atoms with van der Waals surface area (Å²) in [6.07, 6.45) is 0. The van der Waals surface area contributed by atoms with Gasteiger partial charge in [-0.2, -0.15) is 0 Å². The highest BCUT2D eigenvalue weighted by atomic mass is 19.1. The summed E-state index contributed by atoms with van der Waals surface area (Å²) in [5.74, 6) is -0.133. The maximum atomic E-state index is 13.0. The molecule has 0 fully saturated rings. The van der Waals surface area contributed by atoms with Gasteiger partial charge in [0.1, 0.15) is 25.5 Å². The minimum absolute atomic E-state index is 0.133. The Balaban J connectivity index is 2.49. The van der Waals surface area contributed by atoms with Crippen LogP contribution in [0.4, 0.5) is 4.39 Å². The van der Waals surface area contributed by atoms with E-state index >= 15 is 0 Å². The first-order valence-electron chi connectivity index (χ1n) is 5.99. The summed E-state index contributed by atoms with van der Waals surface area (Å²) < 4.78 is 13.0. The van der Waals surface area contributed by atoms with Gasteiger partial charge >= 0.3 is 0 Å². The van der Waals surface area contributed by atoms with E-state index in [4.69, 9.17) is 0 Å². The zero-order valence-electron chi connectivity index (χ0n) is 10.5. The molecule has 1 unspecified atom stereocenters. The number of benzene rings is 1. The van der Waals surface area contributed by atoms with Crippen LogP contribution in [-0.2, 0) is 6.54 Å². The first kappa shape index (κ1) is 13.1. The average molecular weight is 226 g/mol. The van der Waals surface area contributed by atoms with Gasteiger partial charge in [-0.1, -0.05) is 12.1 Å². The minimum Gasteiger partial charge on any atom is -0.335 e. The van der Waals surface area contributed by atoms with Crippen LogP contribution in [0.15, 0.2) is 24.3 Å². The molecule has 0 saturated carbocycles. The van der Waals surface area contributed by atoms with Crippen LogP contribution < -0.4 is 9.80 Å². The van der Waals surface area contributed by atoms with E-state index in [1.807, 2.05) is 6.07 Å². The molecule has 0 heterocycles. The molecule has 16 heavy (non-hydrogen) atoms. The minimum atomic E-state index is -0.133. The fourth-order valence-electron chi connectivity index (χ4n) is 1.75. The van der Waals surface area contributed by atoms with Gasteiger partial charge < -0.3 is 9.80 Å². The molecule has 0 aliphatic carbocycles. The van der Waals surface area contributed by atoms with E-state index in [0.717, 1.165) is 31.7 Å². The van der Waals surface area contributed by atoms with Gasteiger partial charge in [0.2, 0.25) is 0 Å². The lowest BCUT2D eigenvalue weighted by Gasteiger charge is -2.18. The SMILES string of the molecule is CC[NH+](CC[NH+](C)C)Cc1cccc(F)c1. The molecule has 0 saturated heterocycles. The molecule has 0 aliphatic heterocycles. The van der Waals surface area contributed by atoms with Crippen molar-refractivity contribution in [2.45, 2.75) is 13.5 Å². The van der Waals surface area contributed by atoms with Gasteiger partial charge in [-0.05, 0) is 19.1 Å². The van der Waals surface area contributed by atoms with Gasteiger partial charge in [0.05, 0.1) is 20.6 Å². The monoisotopic (exact) mass is 226 g/mol. The Kier molecular flexibility index (Phi) is 5.43. The molecule has 0 amide bonds. The predicted molar refractivity (Wildman–Crippen MR) is 64.2 cm³/mol.